The Hall–Kier alpha value is -3.19. The summed E-state index contributed by atoms with van der Waals surface area (Å²) in [5.41, 5.74) is 0.618. The maximum atomic E-state index is 12.6. The van der Waals surface area contributed by atoms with Crippen LogP contribution < -0.4 is 5.01 Å². The lowest BCUT2D eigenvalue weighted by Crippen LogP contribution is -2.27. The number of sulfone groups is 1. The highest BCUT2D eigenvalue weighted by atomic mass is 32.2. The standard InChI is InChI=1S/C17H13F3N4O2S/c1-27(25,26)15-8-6-14(7-9-15)24(23-11-17(18,19)20)16(22)13-4-2-12(10-21)3-5-13/h2-9,11,22H,1H3/b22-16?,23-11+. The Balaban J connectivity index is 2.46. The number of hydrazone groups is 1. The number of hydrogen-bond acceptors (Lipinski definition) is 5. The summed E-state index contributed by atoms with van der Waals surface area (Å²) in [7, 11) is -3.48. The van der Waals surface area contributed by atoms with Crippen molar-refractivity contribution in [3.8, 4) is 6.07 Å². The predicted molar refractivity (Wildman–Crippen MR) is 94.6 cm³/mol. The van der Waals surface area contributed by atoms with Crippen molar-refractivity contribution in [2.75, 3.05) is 11.3 Å². The van der Waals surface area contributed by atoms with E-state index in [2.05, 4.69) is 5.10 Å². The average molecular weight is 394 g/mol. The molecule has 140 valence electrons. The van der Waals surface area contributed by atoms with Crippen LogP contribution in [-0.4, -0.2) is 32.9 Å². The molecule has 0 unspecified atom stereocenters. The molecule has 2 rings (SSSR count). The topological polar surface area (TPSA) is 97.4 Å². The van der Waals surface area contributed by atoms with Crippen LogP contribution in [0.2, 0.25) is 0 Å². The summed E-state index contributed by atoms with van der Waals surface area (Å²) in [6.07, 6.45) is -3.97. The predicted octanol–water partition coefficient (Wildman–Crippen LogP) is 3.34. The molecule has 0 aromatic heterocycles. The van der Waals surface area contributed by atoms with E-state index in [4.69, 9.17) is 10.7 Å². The zero-order chi connectivity index (χ0) is 20.2. The third-order valence-electron chi connectivity index (χ3n) is 3.33. The molecule has 0 spiro atoms. The van der Waals surface area contributed by atoms with E-state index in [1.165, 1.54) is 48.5 Å². The van der Waals surface area contributed by atoms with E-state index in [-0.39, 0.29) is 28.2 Å². The van der Waals surface area contributed by atoms with Crippen LogP contribution in [0.5, 0.6) is 0 Å². The number of alkyl halides is 3. The highest BCUT2D eigenvalue weighted by Crippen LogP contribution is 2.22. The first-order valence-corrected chi connectivity index (χ1v) is 9.21. The second-order valence-electron chi connectivity index (χ2n) is 5.40. The Kier molecular flexibility index (Phi) is 5.66. The van der Waals surface area contributed by atoms with Crippen molar-refractivity contribution < 1.29 is 21.6 Å². The van der Waals surface area contributed by atoms with E-state index >= 15 is 0 Å². The SMILES string of the molecule is CS(=O)(=O)c1ccc(N(/N=C/C(F)(F)F)C(=N)c2ccc(C#N)cc2)cc1. The number of nitrogens with zero attached hydrogens (tertiary/aromatic N) is 3. The van der Waals surface area contributed by atoms with E-state index in [0.717, 1.165) is 11.3 Å². The Morgan fingerprint density at radius 3 is 2.15 bits per heavy atom. The van der Waals surface area contributed by atoms with Crippen LogP contribution in [0.3, 0.4) is 0 Å². The minimum absolute atomic E-state index is 0.0177. The zero-order valence-corrected chi connectivity index (χ0v) is 14.7. The summed E-state index contributed by atoms with van der Waals surface area (Å²) < 4.78 is 60.7. The van der Waals surface area contributed by atoms with Crippen LogP contribution in [0.1, 0.15) is 11.1 Å². The molecule has 0 heterocycles. The van der Waals surface area contributed by atoms with Crippen LogP contribution in [-0.2, 0) is 9.84 Å². The number of halogens is 3. The van der Waals surface area contributed by atoms with Crippen LogP contribution in [0.4, 0.5) is 18.9 Å². The van der Waals surface area contributed by atoms with Crippen molar-refractivity contribution in [2.24, 2.45) is 5.10 Å². The summed E-state index contributed by atoms with van der Waals surface area (Å²) in [6.45, 7) is 0. The fourth-order valence-electron chi connectivity index (χ4n) is 2.04. The minimum atomic E-state index is -4.70. The molecule has 10 heteroatoms. The molecular weight excluding hydrogens is 381 g/mol. The number of hydrogen-bond donors (Lipinski definition) is 1. The first-order valence-electron chi connectivity index (χ1n) is 7.32. The maximum absolute atomic E-state index is 12.6. The lowest BCUT2D eigenvalue weighted by Gasteiger charge is -2.20. The normalized spacial score (nSPS) is 12.0. The molecule has 1 N–H and O–H groups in total. The molecule has 0 aliphatic rings. The van der Waals surface area contributed by atoms with Gasteiger partial charge in [-0.3, -0.25) is 5.41 Å². The van der Waals surface area contributed by atoms with E-state index in [9.17, 15) is 21.6 Å². The van der Waals surface area contributed by atoms with E-state index in [1.807, 2.05) is 6.07 Å². The molecule has 0 saturated heterocycles. The van der Waals surface area contributed by atoms with Gasteiger partial charge in [0.15, 0.2) is 15.7 Å². The number of rotatable bonds is 4. The molecule has 2 aromatic rings. The fraction of sp³-hybridized carbons (Fsp3) is 0.118. The smallest absolute Gasteiger partial charge is 0.282 e. The summed E-state index contributed by atoms with van der Waals surface area (Å²) in [4.78, 5) is -0.0177. The van der Waals surface area contributed by atoms with Crippen molar-refractivity contribution >= 4 is 27.6 Å². The van der Waals surface area contributed by atoms with Gasteiger partial charge < -0.3 is 0 Å². The Labute approximate surface area is 153 Å². The van der Waals surface area contributed by atoms with Gasteiger partial charge in [0.2, 0.25) is 0 Å². The number of nitrogens with one attached hydrogen (secondary N) is 1. The van der Waals surface area contributed by atoms with Crippen LogP contribution >= 0.6 is 0 Å². The lowest BCUT2D eigenvalue weighted by atomic mass is 10.1. The van der Waals surface area contributed by atoms with Gasteiger partial charge in [-0.25, -0.2) is 13.4 Å². The van der Waals surface area contributed by atoms with Gasteiger partial charge in [0.1, 0.15) is 6.21 Å². The second kappa shape index (κ2) is 7.59. The molecule has 0 fully saturated rings. The number of benzene rings is 2. The molecule has 2 aromatic carbocycles. The summed E-state index contributed by atoms with van der Waals surface area (Å²) >= 11 is 0. The third kappa shape index (κ3) is 5.39. The van der Waals surface area contributed by atoms with Crippen LogP contribution in [0.15, 0.2) is 58.5 Å². The van der Waals surface area contributed by atoms with E-state index < -0.39 is 16.0 Å². The highest BCUT2D eigenvalue weighted by Gasteiger charge is 2.25. The quantitative estimate of drug-likeness (QED) is 0.489. The van der Waals surface area contributed by atoms with Crippen LogP contribution in [0, 0.1) is 16.7 Å². The largest absolute Gasteiger partial charge is 0.428 e. The fourth-order valence-corrected chi connectivity index (χ4v) is 2.67. The number of amidine groups is 1. The van der Waals surface area contributed by atoms with Gasteiger partial charge >= 0.3 is 6.18 Å². The molecule has 0 aliphatic carbocycles. The molecule has 0 aliphatic heterocycles. The summed E-state index contributed by atoms with van der Waals surface area (Å²) in [5.74, 6) is -0.382. The van der Waals surface area contributed by atoms with Gasteiger partial charge in [0.05, 0.1) is 22.2 Å². The van der Waals surface area contributed by atoms with Gasteiger partial charge in [0.25, 0.3) is 0 Å². The Morgan fingerprint density at radius 2 is 1.70 bits per heavy atom. The molecule has 0 saturated carbocycles. The average Bonchev–Trinajstić information content (AvgIpc) is 2.60. The van der Waals surface area contributed by atoms with Gasteiger partial charge in [-0.2, -0.15) is 23.5 Å². The number of nitriles is 1. The second-order valence-corrected chi connectivity index (χ2v) is 7.42. The molecule has 6 nitrogen and oxygen atoms in total. The van der Waals surface area contributed by atoms with Gasteiger partial charge in [-0.05, 0) is 48.5 Å². The number of anilines is 1. The molecule has 27 heavy (non-hydrogen) atoms. The summed E-state index contributed by atoms with van der Waals surface area (Å²) in [5, 5.41) is 21.0. The highest BCUT2D eigenvalue weighted by molar-refractivity contribution is 7.90. The van der Waals surface area contributed by atoms with Crippen molar-refractivity contribution in [1.29, 1.82) is 10.7 Å². The molecule has 0 atom stereocenters. The monoisotopic (exact) mass is 394 g/mol. The van der Waals surface area contributed by atoms with Crippen molar-refractivity contribution in [3.63, 3.8) is 0 Å². The first-order chi connectivity index (χ1) is 12.5. The first kappa shape index (κ1) is 20.1. The Bertz CT molecular complexity index is 1010. The molecular formula is C17H13F3N4O2S. The zero-order valence-electron chi connectivity index (χ0n) is 13.9. The van der Waals surface area contributed by atoms with Crippen LogP contribution in [0.25, 0.3) is 0 Å². The Morgan fingerprint density at radius 1 is 1.15 bits per heavy atom. The summed E-state index contributed by atoms with van der Waals surface area (Å²) in [6, 6.07) is 12.5. The third-order valence-corrected chi connectivity index (χ3v) is 4.46. The van der Waals surface area contributed by atoms with Gasteiger partial charge in [-0.15, -0.1) is 0 Å². The van der Waals surface area contributed by atoms with E-state index in [0.29, 0.717) is 5.56 Å². The van der Waals surface area contributed by atoms with Gasteiger partial charge in [-0.1, -0.05) is 0 Å². The van der Waals surface area contributed by atoms with Gasteiger partial charge in [0, 0.05) is 11.8 Å². The van der Waals surface area contributed by atoms with Crippen molar-refractivity contribution in [1.82, 2.24) is 0 Å². The van der Waals surface area contributed by atoms with Crippen molar-refractivity contribution in [2.45, 2.75) is 11.1 Å². The molecule has 0 amide bonds. The molecule has 0 bridgehead atoms. The lowest BCUT2D eigenvalue weighted by molar-refractivity contribution is -0.0537. The maximum Gasteiger partial charge on any atom is 0.428 e. The van der Waals surface area contributed by atoms with Crippen molar-refractivity contribution in [3.05, 3.63) is 59.7 Å². The van der Waals surface area contributed by atoms with E-state index in [1.54, 1.807) is 0 Å². The minimum Gasteiger partial charge on any atom is -0.282 e. The molecule has 0 radical (unpaired) electrons.